The standard InChI is InChI=1S/C10H11FN2/c11-9-5-3-8(4-6-9)10-2-1-7-12-13-10/h3-6,12H,1-2,7H2. The molecule has 1 N–H and O–H groups in total. The Balaban J connectivity index is 2.24. The molecule has 68 valence electrons. The Hall–Kier alpha value is -1.38. The van der Waals surface area contributed by atoms with Gasteiger partial charge in [-0.1, -0.05) is 12.1 Å². The number of benzene rings is 1. The summed E-state index contributed by atoms with van der Waals surface area (Å²) in [6.07, 6.45) is 2.06. The van der Waals surface area contributed by atoms with Crippen LogP contribution in [0.3, 0.4) is 0 Å². The van der Waals surface area contributed by atoms with E-state index in [-0.39, 0.29) is 5.82 Å². The van der Waals surface area contributed by atoms with E-state index in [0.29, 0.717) is 0 Å². The lowest BCUT2D eigenvalue weighted by molar-refractivity contribution is 0.627. The van der Waals surface area contributed by atoms with E-state index in [4.69, 9.17) is 0 Å². The summed E-state index contributed by atoms with van der Waals surface area (Å²) in [6, 6.07) is 6.46. The first-order valence-electron chi connectivity index (χ1n) is 4.41. The Morgan fingerprint density at radius 3 is 2.62 bits per heavy atom. The van der Waals surface area contributed by atoms with Crippen molar-refractivity contribution in [1.29, 1.82) is 0 Å². The van der Waals surface area contributed by atoms with Crippen LogP contribution in [-0.2, 0) is 0 Å². The fourth-order valence-corrected chi connectivity index (χ4v) is 1.39. The average molecular weight is 178 g/mol. The van der Waals surface area contributed by atoms with Crippen molar-refractivity contribution in [3.8, 4) is 0 Å². The van der Waals surface area contributed by atoms with Crippen molar-refractivity contribution in [2.24, 2.45) is 5.10 Å². The van der Waals surface area contributed by atoms with E-state index < -0.39 is 0 Å². The van der Waals surface area contributed by atoms with Crippen molar-refractivity contribution in [2.45, 2.75) is 12.8 Å². The van der Waals surface area contributed by atoms with Crippen LogP contribution in [0.5, 0.6) is 0 Å². The van der Waals surface area contributed by atoms with Crippen molar-refractivity contribution in [2.75, 3.05) is 6.54 Å². The Labute approximate surface area is 76.5 Å². The number of hydrogen-bond acceptors (Lipinski definition) is 2. The maximum atomic E-state index is 12.6. The molecule has 0 saturated carbocycles. The predicted molar refractivity (Wildman–Crippen MR) is 50.2 cm³/mol. The lowest BCUT2D eigenvalue weighted by Gasteiger charge is -2.12. The van der Waals surface area contributed by atoms with Crippen LogP contribution in [0.15, 0.2) is 29.4 Å². The first-order valence-corrected chi connectivity index (χ1v) is 4.41. The Morgan fingerprint density at radius 1 is 1.23 bits per heavy atom. The van der Waals surface area contributed by atoms with Gasteiger partial charge in [-0.25, -0.2) is 4.39 Å². The van der Waals surface area contributed by atoms with Crippen LogP contribution in [0.25, 0.3) is 0 Å². The smallest absolute Gasteiger partial charge is 0.123 e. The average Bonchev–Trinajstić information content (AvgIpc) is 2.20. The predicted octanol–water partition coefficient (Wildman–Crippen LogP) is 1.91. The highest BCUT2D eigenvalue weighted by Gasteiger charge is 2.06. The van der Waals surface area contributed by atoms with Crippen molar-refractivity contribution in [3.63, 3.8) is 0 Å². The van der Waals surface area contributed by atoms with Gasteiger partial charge in [0, 0.05) is 6.54 Å². The van der Waals surface area contributed by atoms with E-state index in [0.717, 1.165) is 30.7 Å². The summed E-state index contributed by atoms with van der Waals surface area (Å²) in [6.45, 7) is 0.935. The summed E-state index contributed by atoms with van der Waals surface area (Å²) < 4.78 is 12.6. The van der Waals surface area contributed by atoms with E-state index >= 15 is 0 Å². The molecule has 0 unspecified atom stereocenters. The summed E-state index contributed by atoms with van der Waals surface area (Å²) in [4.78, 5) is 0. The second kappa shape index (κ2) is 3.56. The minimum Gasteiger partial charge on any atom is -0.310 e. The first-order chi connectivity index (χ1) is 6.36. The molecule has 0 aromatic heterocycles. The summed E-state index contributed by atoms with van der Waals surface area (Å²) in [7, 11) is 0. The van der Waals surface area contributed by atoms with Gasteiger partial charge in [-0.3, -0.25) is 0 Å². The molecule has 3 heteroatoms. The van der Waals surface area contributed by atoms with Gasteiger partial charge in [0.25, 0.3) is 0 Å². The van der Waals surface area contributed by atoms with Crippen molar-refractivity contribution in [3.05, 3.63) is 35.6 Å². The number of hydrazone groups is 1. The van der Waals surface area contributed by atoms with Crippen molar-refractivity contribution >= 4 is 5.71 Å². The topological polar surface area (TPSA) is 24.4 Å². The Bertz CT molecular complexity index is 316. The zero-order chi connectivity index (χ0) is 9.10. The summed E-state index contributed by atoms with van der Waals surface area (Å²) >= 11 is 0. The third-order valence-electron chi connectivity index (χ3n) is 2.09. The lowest BCUT2D eigenvalue weighted by atomic mass is 10.1. The second-order valence-corrected chi connectivity index (χ2v) is 3.08. The van der Waals surface area contributed by atoms with E-state index in [2.05, 4.69) is 10.5 Å². The van der Waals surface area contributed by atoms with Gasteiger partial charge in [0.15, 0.2) is 0 Å². The molecule has 0 fully saturated rings. The summed E-state index contributed by atoms with van der Waals surface area (Å²) in [5, 5.41) is 4.17. The highest BCUT2D eigenvalue weighted by atomic mass is 19.1. The zero-order valence-corrected chi connectivity index (χ0v) is 7.26. The number of hydrogen-bond donors (Lipinski definition) is 1. The molecule has 0 saturated heterocycles. The minimum atomic E-state index is -0.201. The van der Waals surface area contributed by atoms with Gasteiger partial charge in [-0.2, -0.15) is 5.10 Å². The summed E-state index contributed by atoms with van der Waals surface area (Å²) in [5.41, 5.74) is 4.97. The van der Waals surface area contributed by atoms with Crippen LogP contribution in [0.1, 0.15) is 18.4 Å². The normalized spacial score (nSPS) is 16.2. The van der Waals surface area contributed by atoms with E-state index in [1.165, 1.54) is 12.1 Å². The zero-order valence-electron chi connectivity index (χ0n) is 7.26. The molecule has 1 heterocycles. The maximum Gasteiger partial charge on any atom is 0.123 e. The highest BCUT2D eigenvalue weighted by molar-refractivity contribution is 6.00. The van der Waals surface area contributed by atoms with Crippen LogP contribution in [0.4, 0.5) is 4.39 Å². The molecule has 1 aliphatic heterocycles. The monoisotopic (exact) mass is 178 g/mol. The third kappa shape index (κ3) is 1.86. The first kappa shape index (κ1) is 8.23. The molecule has 0 aliphatic carbocycles. The largest absolute Gasteiger partial charge is 0.310 e. The highest BCUT2D eigenvalue weighted by Crippen LogP contribution is 2.09. The van der Waals surface area contributed by atoms with Gasteiger partial charge in [-0.15, -0.1) is 0 Å². The molecule has 0 amide bonds. The Kier molecular flexibility index (Phi) is 2.25. The second-order valence-electron chi connectivity index (χ2n) is 3.08. The van der Waals surface area contributed by atoms with Crippen LogP contribution >= 0.6 is 0 Å². The van der Waals surface area contributed by atoms with Crippen LogP contribution < -0.4 is 5.43 Å². The quantitative estimate of drug-likeness (QED) is 0.698. The molecule has 1 aromatic carbocycles. The lowest BCUT2D eigenvalue weighted by Crippen LogP contribution is -2.19. The van der Waals surface area contributed by atoms with Gasteiger partial charge < -0.3 is 5.43 Å². The van der Waals surface area contributed by atoms with E-state index in [9.17, 15) is 4.39 Å². The number of nitrogens with zero attached hydrogens (tertiary/aromatic N) is 1. The molecule has 0 spiro atoms. The van der Waals surface area contributed by atoms with Gasteiger partial charge in [-0.05, 0) is 30.5 Å². The van der Waals surface area contributed by atoms with Crippen LogP contribution in [0, 0.1) is 5.82 Å². The SMILES string of the molecule is Fc1ccc(C2=NNCCC2)cc1. The van der Waals surface area contributed by atoms with Gasteiger partial charge in [0.1, 0.15) is 5.82 Å². The fraction of sp³-hybridized carbons (Fsp3) is 0.300. The van der Waals surface area contributed by atoms with Gasteiger partial charge in [0.05, 0.1) is 5.71 Å². The molecule has 2 nitrogen and oxygen atoms in total. The van der Waals surface area contributed by atoms with E-state index in [1.54, 1.807) is 12.1 Å². The molecule has 0 bridgehead atoms. The molecule has 1 aliphatic rings. The molecule has 1 aromatic rings. The molecule has 0 radical (unpaired) electrons. The maximum absolute atomic E-state index is 12.6. The van der Waals surface area contributed by atoms with Crippen LogP contribution in [-0.4, -0.2) is 12.3 Å². The molecule has 0 atom stereocenters. The number of halogens is 1. The molecular weight excluding hydrogens is 167 g/mol. The Morgan fingerprint density at radius 2 is 2.00 bits per heavy atom. The van der Waals surface area contributed by atoms with Gasteiger partial charge in [0.2, 0.25) is 0 Å². The van der Waals surface area contributed by atoms with Crippen LogP contribution in [0.2, 0.25) is 0 Å². The summed E-state index contributed by atoms with van der Waals surface area (Å²) in [5.74, 6) is -0.201. The van der Waals surface area contributed by atoms with Crippen molar-refractivity contribution < 1.29 is 4.39 Å². The number of rotatable bonds is 1. The molecule has 13 heavy (non-hydrogen) atoms. The van der Waals surface area contributed by atoms with Crippen molar-refractivity contribution in [1.82, 2.24) is 5.43 Å². The third-order valence-corrected chi connectivity index (χ3v) is 2.09. The number of nitrogens with one attached hydrogen (secondary N) is 1. The van der Waals surface area contributed by atoms with E-state index in [1.807, 2.05) is 0 Å². The molecule has 2 rings (SSSR count). The fourth-order valence-electron chi connectivity index (χ4n) is 1.39. The molecular formula is C10H11FN2. The minimum absolute atomic E-state index is 0.201. The van der Waals surface area contributed by atoms with Gasteiger partial charge >= 0.3 is 0 Å².